The standard InChI is InChI=1S/C16H26N4O2S/c1-11(2)15-18-19-16(23-15)20-7-3-13(4-8-20)17-14(21)12-5-9-22-10-6-12/h11-13H,3-10H2,1-2H3,(H,17,21). The van der Waals surface area contributed by atoms with Gasteiger partial charge in [0.15, 0.2) is 0 Å². The Balaban J connectivity index is 1.47. The van der Waals surface area contributed by atoms with Gasteiger partial charge in [-0.05, 0) is 25.7 Å². The topological polar surface area (TPSA) is 67.4 Å². The minimum atomic E-state index is 0.138. The van der Waals surface area contributed by atoms with E-state index in [1.54, 1.807) is 11.3 Å². The second kappa shape index (κ2) is 7.57. The van der Waals surface area contributed by atoms with Crippen molar-refractivity contribution in [3.63, 3.8) is 0 Å². The maximum Gasteiger partial charge on any atom is 0.223 e. The summed E-state index contributed by atoms with van der Waals surface area (Å²) in [5.74, 6) is 0.779. The fourth-order valence-electron chi connectivity index (χ4n) is 3.08. The van der Waals surface area contributed by atoms with Crippen LogP contribution < -0.4 is 10.2 Å². The largest absolute Gasteiger partial charge is 0.381 e. The van der Waals surface area contributed by atoms with E-state index in [0.29, 0.717) is 25.2 Å². The molecule has 2 saturated heterocycles. The molecule has 3 heterocycles. The molecule has 0 atom stereocenters. The summed E-state index contributed by atoms with van der Waals surface area (Å²) in [4.78, 5) is 14.6. The van der Waals surface area contributed by atoms with Crippen LogP contribution in [0.5, 0.6) is 0 Å². The van der Waals surface area contributed by atoms with Crippen molar-refractivity contribution in [3.8, 4) is 0 Å². The molecule has 1 N–H and O–H groups in total. The summed E-state index contributed by atoms with van der Waals surface area (Å²) >= 11 is 1.69. The second-order valence-corrected chi connectivity index (χ2v) is 7.72. The van der Waals surface area contributed by atoms with Crippen molar-refractivity contribution < 1.29 is 9.53 Å². The third-order valence-corrected chi connectivity index (χ3v) is 5.91. The van der Waals surface area contributed by atoms with E-state index in [2.05, 4.69) is 34.3 Å². The number of ether oxygens (including phenoxy) is 1. The minimum absolute atomic E-state index is 0.138. The maximum absolute atomic E-state index is 12.3. The van der Waals surface area contributed by atoms with Crippen LogP contribution in [0.15, 0.2) is 0 Å². The third-order valence-electron chi connectivity index (χ3n) is 4.63. The summed E-state index contributed by atoms with van der Waals surface area (Å²) in [6.07, 6.45) is 3.66. The van der Waals surface area contributed by atoms with Gasteiger partial charge in [0.25, 0.3) is 0 Å². The molecule has 1 aromatic heterocycles. The summed E-state index contributed by atoms with van der Waals surface area (Å²) in [7, 11) is 0. The Morgan fingerprint density at radius 1 is 1.22 bits per heavy atom. The van der Waals surface area contributed by atoms with Crippen LogP contribution in [-0.2, 0) is 9.53 Å². The van der Waals surface area contributed by atoms with Gasteiger partial charge in [-0.15, -0.1) is 10.2 Å². The molecule has 3 rings (SSSR count). The van der Waals surface area contributed by atoms with Crippen molar-refractivity contribution in [1.29, 1.82) is 0 Å². The molecule has 1 amide bonds. The summed E-state index contributed by atoms with van der Waals surface area (Å²) in [6.45, 7) is 7.58. The highest BCUT2D eigenvalue weighted by Crippen LogP contribution is 2.27. The molecule has 7 heteroatoms. The van der Waals surface area contributed by atoms with Crippen molar-refractivity contribution in [3.05, 3.63) is 5.01 Å². The van der Waals surface area contributed by atoms with Gasteiger partial charge in [-0.3, -0.25) is 4.79 Å². The molecule has 1 aromatic rings. The number of amides is 1. The maximum atomic E-state index is 12.3. The Morgan fingerprint density at radius 3 is 2.52 bits per heavy atom. The Morgan fingerprint density at radius 2 is 1.91 bits per heavy atom. The number of aromatic nitrogens is 2. The molecule has 2 aliphatic heterocycles. The first-order chi connectivity index (χ1) is 11.1. The van der Waals surface area contributed by atoms with E-state index in [9.17, 15) is 4.79 Å². The average molecular weight is 338 g/mol. The highest BCUT2D eigenvalue weighted by atomic mass is 32.1. The van der Waals surface area contributed by atoms with Crippen LogP contribution in [0, 0.1) is 5.92 Å². The summed E-state index contributed by atoms with van der Waals surface area (Å²) in [5, 5.41) is 13.9. The number of hydrogen-bond acceptors (Lipinski definition) is 6. The molecule has 0 radical (unpaired) electrons. The molecule has 128 valence electrons. The third kappa shape index (κ3) is 4.20. The number of hydrogen-bond donors (Lipinski definition) is 1. The van der Waals surface area contributed by atoms with E-state index >= 15 is 0 Å². The number of carbonyl (C=O) groups excluding carboxylic acids is 1. The fourth-order valence-corrected chi connectivity index (χ4v) is 3.98. The fraction of sp³-hybridized carbons (Fsp3) is 0.812. The smallest absolute Gasteiger partial charge is 0.223 e. The zero-order chi connectivity index (χ0) is 16.2. The van der Waals surface area contributed by atoms with Gasteiger partial charge in [-0.2, -0.15) is 0 Å². The SMILES string of the molecule is CC(C)c1nnc(N2CCC(NC(=O)C3CCOCC3)CC2)s1. The van der Waals surface area contributed by atoms with E-state index < -0.39 is 0 Å². The number of anilines is 1. The van der Waals surface area contributed by atoms with Gasteiger partial charge < -0.3 is 15.0 Å². The van der Waals surface area contributed by atoms with Crippen LogP contribution in [0.2, 0.25) is 0 Å². The van der Waals surface area contributed by atoms with Gasteiger partial charge in [0.2, 0.25) is 11.0 Å². The van der Waals surface area contributed by atoms with Crippen molar-refractivity contribution in [2.45, 2.75) is 51.5 Å². The van der Waals surface area contributed by atoms with Gasteiger partial charge in [-0.1, -0.05) is 25.2 Å². The van der Waals surface area contributed by atoms with E-state index in [1.165, 1.54) is 0 Å². The highest BCUT2D eigenvalue weighted by molar-refractivity contribution is 7.15. The molecule has 0 saturated carbocycles. The predicted molar refractivity (Wildman–Crippen MR) is 90.9 cm³/mol. The molecule has 23 heavy (non-hydrogen) atoms. The molecule has 2 aliphatic rings. The van der Waals surface area contributed by atoms with Crippen LogP contribution in [0.1, 0.15) is 50.5 Å². The Kier molecular flexibility index (Phi) is 5.48. The first-order valence-corrected chi connectivity index (χ1v) is 9.41. The first-order valence-electron chi connectivity index (χ1n) is 8.60. The molecular formula is C16H26N4O2S. The van der Waals surface area contributed by atoms with Crippen molar-refractivity contribution in [1.82, 2.24) is 15.5 Å². The molecule has 0 aromatic carbocycles. The van der Waals surface area contributed by atoms with E-state index in [0.717, 1.165) is 48.9 Å². The summed E-state index contributed by atoms with van der Waals surface area (Å²) in [5.41, 5.74) is 0. The number of carbonyl (C=O) groups is 1. The monoisotopic (exact) mass is 338 g/mol. The van der Waals surface area contributed by atoms with Gasteiger partial charge in [0, 0.05) is 44.2 Å². The Hall–Kier alpha value is -1.21. The molecule has 6 nitrogen and oxygen atoms in total. The molecular weight excluding hydrogens is 312 g/mol. The van der Waals surface area contributed by atoms with Crippen LogP contribution in [-0.4, -0.2) is 48.4 Å². The summed E-state index contributed by atoms with van der Waals surface area (Å²) in [6, 6.07) is 0.291. The van der Waals surface area contributed by atoms with Crippen LogP contribution in [0.25, 0.3) is 0 Å². The first kappa shape index (κ1) is 16.6. The molecule has 0 unspecified atom stereocenters. The number of nitrogens with zero attached hydrogens (tertiary/aromatic N) is 3. The highest BCUT2D eigenvalue weighted by Gasteiger charge is 2.27. The lowest BCUT2D eigenvalue weighted by atomic mass is 9.97. The molecule has 0 bridgehead atoms. The van der Waals surface area contributed by atoms with Crippen molar-refractivity contribution >= 4 is 22.4 Å². The Labute approximate surface area is 141 Å². The van der Waals surface area contributed by atoms with E-state index in [4.69, 9.17) is 4.74 Å². The number of piperidine rings is 1. The predicted octanol–water partition coefficient (Wildman–Crippen LogP) is 2.17. The zero-order valence-electron chi connectivity index (χ0n) is 14.0. The van der Waals surface area contributed by atoms with E-state index in [1.807, 2.05) is 0 Å². The van der Waals surface area contributed by atoms with Crippen LogP contribution in [0.4, 0.5) is 5.13 Å². The zero-order valence-corrected chi connectivity index (χ0v) is 14.8. The average Bonchev–Trinajstić information content (AvgIpc) is 3.07. The van der Waals surface area contributed by atoms with Crippen molar-refractivity contribution in [2.24, 2.45) is 5.92 Å². The van der Waals surface area contributed by atoms with Crippen LogP contribution >= 0.6 is 11.3 Å². The minimum Gasteiger partial charge on any atom is -0.381 e. The van der Waals surface area contributed by atoms with Gasteiger partial charge in [0.1, 0.15) is 5.01 Å². The molecule has 2 fully saturated rings. The lowest BCUT2D eigenvalue weighted by molar-refractivity contribution is -0.128. The van der Waals surface area contributed by atoms with E-state index in [-0.39, 0.29) is 11.8 Å². The lowest BCUT2D eigenvalue weighted by Crippen LogP contribution is -2.47. The Bertz CT molecular complexity index is 520. The molecule has 0 aliphatic carbocycles. The summed E-state index contributed by atoms with van der Waals surface area (Å²) < 4.78 is 5.32. The number of rotatable bonds is 4. The van der Waals surface area contributed by atoms with Crippen molar-refractivity contribution in [2.75, 3.05) is 31.2 Å². The quantitative estimate of drug-likeness (QED) is 0.911. The van der Waals surface area contributed by atoms with Gasteiger partial charge in [-0.25, -0.2) is 0 Å². The molecule has 0 spiro atoms. The lowest BCUT2D eigenvalue weighted by Gasteiger charge is -2.33. The van der Waals surface area contributed by atoms with Crippen LogP contribution in [0.3, 0.4) is 0 Å². The normalized spacial score (nSPS) is 20.9. The van der Waals surface area contributed by atoms with Gasteiger partial charge in [0.05, 0.1) is 0 Å². The number of nitrogens with one attached hydrogen (secondary N) is 1. The van der Waals surface area contributed by atoms with Gasteiger partial charge >= 0.3 is 0 Å². The second-order valence-electron chi connectivity index (χ2n) is 6.73.